The Bertz CT molecular complexity index is 1010. The first-order chi connectivity index (χ1) is 14.7. The Kier molecular flexibility index (Phi) is 6.35. The first-order valence-corrected chi connectivity index (χ1v) is 10.8. The molecule has 1 aromatic heterocycles. The van der Waals surface area contributed by atoms with Gasteiger partial charge < -0.3 is 14.4 Å². The number of carbonyl (C=O) groups is 1. The number of anilines is 1. The number of nitrogens with zero attached hydrogens (tertiary/aromatic N) is 4. The van der Waals surface area contributed by atoms with Crippen molar-refractivity contribution in [1.29, 1.82) is 0 Å². The van der Waals surface area contributed by atoms with Crippen molar-refractivity contribution in [3.8, 4) is 11.4 Å². The summed E-state index contributed by atoms with van der Waals surface area (Å²) in [6, 6.07) is 15.4. The minimum absolute atomic E-state index is 0.0188. The summed E-state index contributed by atoms with van der Waals surface area (Å²) in [7, 11) is 1.59. The standard InChI is InChI=1S/C22H24N4O3S/c1-16-6-8-18(9-7-16)26-21(25-10-12-29-13-11-25)23-24-22(26)30-15-20(27)17-4-3-5-19(14-17)28-2/h3-9,14H,10-13,15H2,1-2H3. The van der Waals surface area contributed by atoms with Crippen molar-refractivity contribution in [2.45, 2.75) is 12.1 Å². The third-order valence-electron chi connectivity index (χ3n) is 4.93. The van der Waals surface area contributed by atoms with E-state index in [2.05, 4.69) is 46.3 Å². The number of ketones is 1. The highest BCUT2D eigenvalue weighted by Crippen LogP contribution is 2.28. The number of hydrogen-bond acceptors (Lipinski definition) is 7. The average Bonchev–Trinajstić information content (AvgIpc) is 3.22. The van der Waals surface area contributed by atoms with Crippen molar-refractivity contribution in [3.63, 3.8) is 0 Å². The molecule has 0 bridgehead atoms. The highest BCUT2D eigenvalue weighted by molar-refractivity contribution is 7.99. The smallest absolute Gasteiger partial charge is 0.232 e. The number of carbonyl (C=O) groups excluding carboxylic acids is 1. The highest BCUT2D eigenvalue weighted by atomic mass is 32.2. The molecule has 0 unspecified atom stereocenters. The Labute approximate surface area is 180 Å². The van der Waals surface area contributed by atoms with Crippen LogP contribution in [0.5, 0.6) is 5.75 Å². The third-order valence-corrected chi connectivity index (χ3v) is 5.86. The van der Waals surface area contributed by atoms with Gasteiger partial charge in [-0.1, -0.05) is 41.6 Å². The Morgan fingerprint density at radius 3 is 2.63 bits per heavy atom. The van der Waals surface area contributed by atoms with E-state index in [4.69, 9.17) is 9.47 Å². The summed E-state index contributed by atoms with van der Waals surface area (Å²) in [5, 5.41) is 9.55. The van der Waals surface area contributed by atoms with E-state index in [-0.39, 0.29) is 11.5 Å². The molecule has 1 aliphatic heterocycles. The topological polar surface area (TPSA) is 69.5 Å². The van der Waals surface area contributed by atoms with Gasteiger partial charge in [0, 0.05) is 18.7 Å². The van der Waals surface area contributed by atoms with Gasteiger partial charge in [-0.05, 0) is 31.2 Å². The molecule has 2 heterocycles. The monoisotopic (exact) mass is 424 g/mol. The van der Waals surface area contributed by atoms with Gasteiger partial charge in [-0.3, -0.25) is 9.36 Å². The molecule has 0 radical (unpaired) electrons. The van der Waals surface area contributed by atoms with E-state index in [0.717, 1.165) is 24.7 Å². The maximum atomic E-state index is 12.7. The predicted octanol–water partition coefficient (Wildman–Crippen LogP) is 3.40. The van der Waals surface area contributed by atoms with Crippen LogP contribution in [0.25, 0.3) is 5.69 Å². The number of ether oxygens (including phenoxy) is 2. The third kappa shape index (κ3) is 4.49. The van der Waals surface area contributed by atoms with Crippen LogP contribution in [-0.4, -0.2) is 59.7 Å². The number of aryl methyl sites for hydroxylation is 1. The van der Waals surface area contributed by atoms with E-state index in [1.54, 1.807) is 19.2 Å². The Balaban J connectivity index is 1.59. The van der Waals surface area contributed by atoms with Gasteiger partial charge in [0.25, 0.3) is 0 Å². The number of thioether (sulfide) groups is 1. The van der Waals surface area contributed by atoms with Crippen molar-refractivity contribution in [2.24, 2.45) is 0 Å². The summed E-state index contributed by atoms with van der Waals surface area (Å²) in [6.07, 6.45) is 0. The van der Waals surface area contributed by atoms with E-state index in [0.29, 0.717) is 29.7 Å². The van der Waals surface area contributed by atoms with Crippen molar-refractivity contribution < 1.29 is 14.3 Å². The molecular weight excluding hydrogens is 400 g/mol. The zero-order chi connectivity index (χ0) is 20.9. The molecule has 8 heteroatoms. The number of aromatic nitrogens is 3. The lowest BCUT2D eigenvalue weighted by molar-refractivity contribution is 0.102. The number of hydrogen-bond donors (Lipinski definition) is 0. The molecule has 4 rings (SSSR count). The molecule has 0 saturated carbocycles. The van der Waals surface area contributed by atoms with Crippen molar-refractivity contribution in [3.05, 3.63) is 59.7 Å². The molecule has 0 amide bonds. The number of rotatable bonds is 7. The van der Waals surface area contributed by atoms with Crippen LogP contribution >= 0.6 is 11.8 Å². The first-order valence-electron chi connectivity index (χ1n) is 9.81. The second-order valence-electron chi connectivity index (χ2n) is 7.00. The minimum atomic E-state index is 0.0188. The molecule has 30 heavy (non-hydrogen) atoms. The normalized spacial score (nSPS) is 14.0. The lowest BCUT2D eigenvalue weighted by Crippen LogP contribution is -2.37. The molecule has 3 aromatic rings. The average molecular weight is 425 g/mol. The van der Waals surface area contributed by atoms with Gasteiger partial charge in [0.1, 0.15) is 5.75 Å². The summed E-state index contributed by atoms with van der Waals surface area (Å²) in [4.78, 5) is 14.9. The molecule has 0 aliphatic carbocycles. The molecule has 1 fully saturated rings. The molecule has 0 N–H and O–H groups in total. The van der Waals surface area contributed by atoms with Crippen LogP contribution < -0.4 is 9.64 Å². The number of Topliss-reactive ketones (excluding diaryl/α,β-unsaturated/α-hetero) is 1. The summed E-state index contributed by atoms with van der Waals surface area (Å²) in [6.45, 7) is 4.91. The van der Waals surface area contributed by atoms with E-state index in [1.807, 2.05) is 16.7 Å². The SMILES string of the molecule is COc1cccc(C(=O)CSc2nnc(N3CCOCC3)n2-c2ccc(C)cc2)c1. The zero-order valence-corrected chi connectivity index (χ0v) is 17.9. The molecule has 156 valence electrons. The summed E-state index contributed by atoms with van der Waals surface area (Å²) < 4.78 is 12.7. The highest BCUT2D eigenvalue weighted by Gasteiger charge is 2.22. The van der Waals surface area contributed by atoms with Gasteiger partial charge in [0.2, 0.25) is 5.95 Å². The summed E-state index contributed by atoms with van der Waals surface area (Å²) >= 11 is 1.39. The van der Waals surface area contributed by atoms with E-state index in [1.165, 1.54) is 17.3 Å². The van der Waals surface area contributed by atoms with Gasteiger partial charge in [0.05, 0.1) is 31.8 Å². The Morgan fingerprint density at radius 1 is 1.13 bits per heavy atom. The van der Waals surface area contributed by atoms with Crippen LogP contribution in [0.4, 0.5) is 5.95 Å². The first kappa shape index (κ1) is 20.4. The lowest BCUT2D eigenvalue weighted by Gasteiger charge is -2.27. The van der Waals surface area contributed by atoms with Gasteiger partial charge in [-0.15, -0.1) is 10.2 Å². The van der Waals surface area contributed by atoms with Gasteiger partial charge >= 0.3 is 0 Å². The molecule has 1 saturated heterocycles. The Hall–Kier alpha value is -2.84. The fraction of sp³-hybridized carbons (Fsp3) is 0.318. The molecule has 0 spiro atoms. The molecule has 0 atom stereocenters. The van der Waals surface area contributed by atoms with Gasteiger partial charge in [0.15, 0.2) is 10.9 Å². The largest absolute Gasteiger partial charge is 0.497 e. The summed E-state index contributed by atoms with van der Waals surface area (Å²) in [5.41, 5.74) is 2.78. The second-order valence-corrected chi connectivity index (χ2v) is 7.94. The fourth-order valence-corrected chi connectivity index (χ4v) is 4.10. The number of morpholine rings is 1. The van der Waals surface area contributed by atoms with Crippen LogP contribution in [-0.2, 0) is 4.74 Å². The maximum Gasteiger partial charge on any atom is 0.232 e. The quantitative estimate of drug-likeness (QED) is 0.425. The van der Waals surface area contributed by atoms with E-state index in [9.17, 15) is 4.79 Å². The van der Waals surface area contributed by atoms with Gasteiger partial charge in [-0.2, -0.15) is 0 Å². The van der Waals surface area contributed by atoms with Crippen LogP contribution in [0.1, 0.15) is 15.9 Å². The minimum Gasteiger partial charge on any atom is -0.497 e. The fourth-order valence-electron chi connectivity index (χ4n) is 3.25. The Morgan fingerprint density at radius 2 is 1.90 bits per heavy atom. The maximum absolute atomic E-state index is 12.7. The van der Waals surface area contributed by atoms with Crippen LogP contribution in [0.3, 0.4) is 0 Å². The number of benzene rings is 2. The van der Waals surface area contributed by atoms with Crippen LogP contribution in [0.15, 0.2) is 53.7 Å². The lowest BCUT2D eigenvalue weighted by atomic mass is 10.1. The van der Waals surface area contributed by atoms with Crippen molar-refractivity contribution in [1.82, 2.24) is 14.8 Å². The molecule has 2 aromatic carbocycles. The predicted molar refractivity (Wildman–Crippen MR) is 117 cm³/mol. The molecular formula is C22H24N4O3S. The summed E-state index contributed by atoms with van der Waals surface area (Å²) in [5.74, 6) is 1.73. The second kappa shape index (κ2) is 9.32. The molecule has 1 aliphatic rings. The van der Waals surface area contributed by atoms with E-state index >= 15 is 0 Å². The van der Waals surface area contributed by atoms with Crippen LogP contribution in [0.2, 0.25) is 0 Å². The van der Waals surface area contributed by atoms with Crippen molar-refractivity contribution in [2.75, 3.05) is 44.1 Å². The van der Waals surface area contributed by atoms with Gasteiger partial charge in [-0.25, -0.2) is 0 Å². The number of methoxy groups -OCH3 is 1. The molecule has 7 nitrogen and oxygen atoms in total. The van der Waals surface area contributed by atoms with E-state index < -0.39 is 0 Å². The van der Waals surface area contributed by atoms with Crippen molar-refractivity contribution >= 4 is 23.5 Å². The zero-order valence-electron chi connectivity index (χ0n) is 17.1. The van der Waals surface area contributed by atoms with Crippen LogP contribution in [0, 0.1) is 6.92 Å².